The van der Waals surface area contributed by atoms with Gasteiger partial charge in [0.1, 0.15) is 11.2 Å². The highest BCUT2D eigenvalue weighted by Crippen LogP contribution is 2.50. The molecule has 3 aromatic carbocycles. The SMILES string of the molecule is c1ccc2c(c1)Cc1ccc3c(c1-2)-c1cc2c4cnccc4n4c5ccncc5nc4c2cc1C3. The second-order valence-corrected chi connectivity index (χ2v) is 9.73. The maximum Gasteiger partial charge on any atom is 0.146 e. The molecule has 4 heterocycles. The van der Waals surface area contributed by atoms with Crippen LogP contribution in [0, 0.1) is 0 Å². The highest BCUT2D eigenvalue weighted by Gasteiger charge is 2.29. The number of benzene rings is 3. The summed E-state index contributed by atoms with van der Waals surface area (Å²) in [6.45, 7) is 0. The minimum absolute atomic E-state index is 0.913. The fraction of sp³-hybridized carbons (Fsp3) is 0.0645. The zero-order valence-corrected chi connectivity index (χ0v) is 18.8. The summed E-state index contributed by atoms with van der Waals surface area (Å²) in [5, 5.41) is 3.53. The van der Waals surface area contributed by atoms with Crippen LogP contribution in [0.2, 0.25) is 0 Å². The zero-order chi connectivity index (χ0) is 22.7. The quantitative estimate of drug-likeness (QED) is 0.243. The molecule has 2 aliphatic rings. The number of hydrogen-bond donors (Lipinski definition) is 0. The van der Waals surface area contributed by atoms with Gasteiger partial charge in [-0.1, -0.05) is 36.4 Å². The van der Waals surface area contributed by atoms with E-state index in [1.807, 2.05) is 30.9 Å². The van der Waals surface area contributed by atoms with Crippen LogP contribution in [-0.4, -0.2) is 19.4 Å². The fourth-order valence-electron chi connectivity index (χ4n) is 6.51. The van der Waals surface area contributed by atoms with Gasteiger partial charge in [-0.2, -0.15) is 0 Å². The van der Waals surface area contributed by atoms with E-state index in [1.165, 1.54) is 55.3 Å². The van der Waals surface area contributed by atoms with Crippen molar-refractivity contribution in [3.05, 3.63) is 108 Å². The van der Waals surface area contributed by atoms with E-state index in [1.54, 1.807) is 0 Å². The van der Waals surface area contributed by atoms with Crippen molar-refractivity contribution in [2.24, 2.45) is 0 Å². The fourth-order valence-corrected chi connectivity index (χ4v) is 6.51. The monoisotopic (exact) mass is 446 g/mol. The van der Waals surface area contributed by atoms with Gasteiger partial charge in [-0.15, -0.1) is 0 Å². The number of aromatic nitrogens is 4. The molecule has 0 atom stereocenters. The molecular formula is C31H18N4. The smallest absolute Gasteiger partial charge is 0.146 e. The second-order valence-electron chi connectivity index (χ2n) is 9.73. The van der Waals surface area contributed by atoms with Crippen LogP contribution in [-0.2, 0) is 12.8 Å². The van der Waals surface area contributed by atoms with E-state index < -0.39 is 0 Å². The van der Waals surface area contributed by atoms with Crippen LogP contribution in [0.4, 0.5) is 0 Å². The van der Waals surface area contributed by atoms with Crippen molar-refractivity contribution in [3.8, 4) is 22.3 Å². The molecule has 4 aromatic heterocycles. The van der Waals surface area contributed by atoms with Crippen LogP contribution in [0.3, 0.4) is 0 Å². The van der Waals surface area contributed by atoms with Crippen molar-refractivity contribution in [2.45, 2.75) is 12.8 Å². The van der Waals surface area contributed by atoms with E-state index in [-0.39, 0.29) is 0 Å². The Morgan fingerprint density at radius 1 is 0.600 bits per heavy atom. The van der Waals surface area contributed by atoms with Gasteiger partial charge in [0, 0.05) is 29.4 Å². The van der Waals surface area contributed by atoms with E-state index in [2.05, 4.69) is 69.0 Å². The molecule has 0 amide bonds. The number of fused-ring (bicyclic) bond motifs is 15. The average Bonchev–Trinajstić information content (AvgIpc) is 3.58. The van der Waals surface area contributed by atoms with E-state index in [0.717, 1.165) is 40.4 Å². The lowest BCUT2D eigenvalue weighted by molar-refractivity contribution is 1.23. The largest absolute Gasteiger partial charge is 0.291 e. The summed E-state index contributed by atoms with van der Waals surface area (Å²) >= 11 is 0. The van der Waals surface area contributed by atoms with Crippen LogP contribution in [0.1, 0.15) is 22.3 Å². The highest BCUT2D eigenvalue weighted by atomic mass is 15.0. The number of hydrogen-bond acceptors (Lipinski definition) is 3. The van der Waals surface area contributed by atoms with Gasteiger partial charge in [-0.25, -0.2) is 4.98 Å². The van der Waals surface area contributed by atoms with Crippen LogP contribution >= 0.6 is 0 Å². The molecule has 7 aromatic rings. The minimum atomic E-state index is 0.913. The Labute approximate surface area is 200 Å². The molecule has 2 aliphatic carbocycles. The molecule has 4 nitrogen and oxygen atoms in total. The molecule has 35 heavy (non-hydrogen) atoms. The number of imidazole rings is 1. The Morgan fingerprint density at radius 2 is 1.37 bits per heavy atom. The summed E-state index contributed by atoms with van der Waals surface area (Å²) in [5.41, 5.74) is 15.3. The van der Waals surface area contributed by atoms with Gasteiger partial charge < -0.3 is 0 Å². The summed E-state index contributed by atoms with van der Waals surface area (Å²) in [6.07, 6.45) is 9.53. The first-order valence-corrected chi connectivity index (χ1v) is 12.0. The van der Waals surface area contributed by atoms with Gasteiger partial charge in [-0.05, 0) is 87.0 Å². The second kappa shape index (κ2) is 6.10. The van der Waals surface area contributed by atoms with Crippen molar-refractivity contribution < 1.29 is 0 Å². The Balaban J connectivity index is 1.44. The Hall–Kier alpha value is -4.57. The van der Waals surface area contributed by atoms with Gasteiger partial charge in [0.25, 0.3) is 0 Å². The van der Waals surface area contributed by atoms with Crippen LogP contribution < -0.4 is 0 Å². The molecule has 0 fully saturated rings. The molecular weight excluding hydrogens is 428 g/mol. The summed E-state index contributed by atoms with van der Waals surface area (Å²) in [5.74, 6) is 0. The van der Waals surface area contributed by atoms with Crippen molar-refractivity contribution in [2.75, 3.05) is 0 Å². The van der Waals surface area contributed by atoms with Crippen molar-refractivity contribution in [3.63, 3.8) is 0 Å². The topological polar surface area (TPSA) is 43.1 Å². The molecule has 0 saturated carbocycles. The van der Waals surface area contributed by atoms with E-state index in [4.69, 9.17) is 4.98 Å². The summed E-state index contributed by atoms with van der Waals surface area (Å²) in [4.78, 5) is 13.9. The first-order chi connectivity index (χ1) is 17.3. The van der Waals surface area contributed by atoms with Gasteiger partial charge in [0.2, 0.25) is 0 Å². The van der Waals surface area contributed by atoms with Crippen LogP contribution in [0.5, 0.6) is 0 Å². The maximum absolute atomic E-state index is 5.04. The molecule has 0 spiro atoms. The van der Waals surface area contributed by atoms with Gasteiger partial charge in [-0.3, -0.25) is 14.4 Å². The van der Waals surface area contributed by atoms with Gasteiger partial charge >= 0.3 is 0 Å². The zero-order valence-electron chi connectivity index (χ0n) is 18.8. The molecule has 162 valence electrons. The summed E-state index contributed by atoms with van der Waals surface area (Å²) in [7, 11) is 0. The van der Waals surface area contributed by atoms with Crippen molar-refractivity contribution in [1.29, 1.82) is 0 Å². The third-order valence-corrected chi connectivity index (χ3v) is 7.97. The maximum atomic E-state index is 5.04. The van der Waals surface area contributed by atoms with Gasteiger partial charge in [0.05, 0.1) is 17.2 Å². The first-order valence-electron chi connectivity index (χ1n) is 12.0. The molecule has 9 rings (SSSR count). The van der Waals surface area contributed by atoms with E-state index >= 15 is 0 Å². The van der Waals surface area contributed by atoms with Crippen molar-refractivity contribution in [1.82, 2.24) is 19.4 Å². The molecule has 0 N–H and O–H groups in total. The summed E-state index contributed by atoms with van der Waals surface area (Å²) in [6, 6.07) is 22.5. The van der Waals surface area contributed by atoms with Crippen LogP contribution in [0.25, 0.3) is 60.6 Å². The third kappa shape index (κ3) is 2.15. The molecule has 0 unspecified atom stereocenters. The van der Waals surface area contributed by atoms with E-state index in [0.29, 0.717) is 0 Å². The Bertz CT molecular complexity index is 2070. The highest BCUT2D eigenvalue weighted by molar-refractivity contribution is 6.15. The average molecular weight is 447 g/mol. The van der Waals surface area contributed by atoms with E-state index in [9.17, 15) is 0 Å². The lowest BCUT2D eigenvalue weighted by atomic mass is 9.92. The molecule has 0 aliphatic heterocycles. The standard InChI is InChI=1S/C31H18N4/c1-2-4-21-17(3-1)11-18-5-6-19-12-20-13-24-23(14-22(20)30(19)29(18)21)25-15-32-9-7-27(25)35-28-8-10-33-16-26(28)34-31(24)35/h1-10,13-16H,11-12H2. The molecule has 4 heteroatoms. The first kappa shape index (κ1) is 17.8. The predicted molar refractivity (Wildman–Crippen MR) is 140 cm³/mol. The third-order valence-electron chi connectivity index (χ3n) is 7.97. The lowest BCUT2D eigenvalue weighted by Crippen LogP contribution is -1.93. The van der Waals surface area contributed by atoms with Gasteiger partial charge in [0.15, 0.2) is 0 Å². The predicted octanol–water partition coefficient (Wildman–Crippen LogP) is 6.73. The Morgan fingerprint density at radius 3 is 2.29 bits per heavy atom. The van der Waals surface area contributed by atoms with Crippen molar-refractivity contribution >= 4 is 38.4 Å². The van der Waals surface area contributed by atoms with Crippen LogP contribution in [0.15, 0.2) is 85.5 Å². The minimum Gasteiger partial charge on any atom is -0.291 e. The number of nitrogens with zero attached hydrogens (tertiary/aromatic N) is 4. The normalized spacial score (nSPS) is 13.5. The molecule has 0 radical (unpaired) electrons. The summed E-state index contributed by atoms with van der Waals surface area (Å²) < 4.78 is 2.26. The lowest BCUT2D eigenvalue weighted by Gasteiger charge is -2.13. The number of rotatable bonds is 0. The molecule has 0 bridgehead atoms. The Kier molecular flexibility index (Phi) is 3.11. The number of pyridine rings is 3. The molecule has 0 saturated heterocycles.